The van der Waals surface area contributed by atoms with E-state index in [9.17, 15) is 8.42 Å². The Morgan fingerprint density at radius 1 is 0.867 bits per heavy atom. The molecule has 0 amide bonds. The summed E-state index contributed by atoms with van der Waals surface area (Å²) in [6.07, 6.45) is 13.3. The van der Waals surface area contributed by atoms with Gasteiger partial charge in [-0.05, 0) is 12.8 Å². The SMILES string of the molecule is CCCCCCCCCC[CH]C[SH](=O)=O. The lowest BCUT2D eigenvalue weighted by atomic mass is 10.1. The second-order valence-corrected chi connectivity index (χ2v) is 5.10. The second kappa shape index (κ2) is 12.0. The lowest BCUT2D eigenvalue weighted by molar-refractivity contribution is 0.573. The lowest BCUT2D eigenvalue weighted by Gasteiger charge is -2.00. The van der Waals surface area contributed by atoms with Gasteiger partial charge >= 0.3 is 0 Å². The van der Waals surface area contributed by atoms with Gasteiger partial charge in [-0.15, -0.1) is 0 Å². The Labute approximate surface area is 96.4 Å². The van der Waals surface area contributed by atoms with Crippen molar-refractivity contribution in [2.24, 2.45) is 0 Å². The van der Waals surface area contributed by atoms with Crippen molar-refractivity contribution in [3.63, 3.8) is 0 Å². The maximum absolute atomic E-state index is 10.2. The number of hydrogen-bond acceptors (Lipinski definition) is 2. The zero-order chi connectivity index (χ0) is 11.4. The van der Waals surface area contributed by atoms with Crippen molar-refractivity contribution in [1.82, 2.24) is 0 Å². The summed E-state index contributed by atoms with van der Waals surface area (Å²) >= 11 is 0. The molecule has 0 heterocycles. The highest BCUT2D eigenvalue weighted by molar-refractivity contribution is 7.72. The first-order valence-electron chi connectivity index (χ1n) is 6.20. The van der Waals surface area contributed by atoms with E-state index in [1.807, 2.05) is 6.42 Å². The highest BCUT2D eigenvalue weighted by atomic mass is 32.2. The summed E-state index contributed by atoms with van der Waals surface area (Å²) in [5.74, 6) is 0.256. The molecule has 0 aromatic heterocycles. The van der Waals surface area contributed by atoms with Gasteiger partial charge in [-0.2, -0.15) is 0 Å². The van der Waals surface area contributed by atoms with Gasteiger partial charge in [-0.3, -0.25) is 0 Å². The van der Waals surface area contributed by atoms with E-state index < -0.39 is 10.7 Å². The molecule has 0 atom stereocenters. The van der Waals surface area contributed by atoms with Crippen molar-refractivity contribution in [3.05, 3.63) is 6.42 Å². The molecule has 0 rings (SSSR count). The van der Waals surface area contributed by atoms with Gasteiger partial charge in [0.15, 0.2) is 0 Å². The predicted molar refractivity (Wildman–Crippen MR) is 66.7 cm³/mol. The molecule has 15 heavy (non-hydrogen) atoms. The molecule has 0 saturated heterocycles. The second-order valence-electron chi connectivity index (χ2n) is 4.07. The van der Waals surface area contributed by atoms with Gasteiger partial charge in [-0.25, -0.2) is 8.42 Å². The van der Waals surface area contributed by atoms with Crippen LogP contribution in [0.4, 0.5) is 0 Å². The van der Waals surface area contributed by atoms with E-state index in [0.717, 1.165) is 12.8 Å². The van der Waals surface area contributed by atoms with Crippen molar-refractivity contribution in [1.29, 1.82) is 0 Å². The third-order valence-electron chi connectivity index (χ3n) is 2.54. The zero-order valence-electron chi connectivity index (χ0n) is 9.91. The van der Waals surface area contributed by atoms with E-state index in [1.165, 1.54) is 44.9 Å². The Balaban J connectivity index is 2.92. The monoisotopic (exact) mass is 233 g/mol. The summed E-state index contributed by atoms with van der Waals surface area (Å²) < 4.78 is 20.5. The van der Waals surface area contributed by atoms with E-state index in [1.54, 1.807) is 0 Å². The minimum atomic E-state index is -2.19. The van der Waals surface area contributed by atoms with Gasteiger partial charge < -0.3 is 0 Å². The summed E-state index contributed by atoms with van der Waals surface area (Å²) in [4.78, 5) is 0. The molecule has 0 spiro atoms. The number of thiol groups is 1. The van der Waals surface area contributed by atoms with Gasteiger partial charge in [0.2, 0.25) is 0 Å². The molecule has 0 unspecified atom stereocenters. The first kappa shape index (κ1) is 14.9. The molecule has 1 radical (unpaired) electrons. The first-order valence-corrected chi connectivity index (χ1v) is 7.57. The Morgan fingerprint density at radius 3 is 1.93 bits per heavy atom. The van der Waals surface area contributed by atoms with Gasteiger partial charge in [0.1, 0.15) is 10.7 Å². The zero-order valence-corrected chi connectivity index (χ0v) is 10.8. The molecule has 0 aromatic carbocycles. The topological polar surface area (TPSA) is 34.1 Å². The Hall–Kier alpha value is -0.0500. The Morgan fingerprint density at radius 2 is 1.40 bits per heavy atom. The Kier molecular flexibility index (Phi) is 12.0. The van der Waals surface area contributed by atoms with Crippen molar-refractivity contribution in [3.8, 4) is 0 Å². The fourth-order valence-corrected chi connectivity index (χ4v) is 2.01. The first-order chi connectivity index (χ1) is 7.27. The van der Waals surface area contributed by atoms with E-state index in [4.69, 9.17) is 0 Å². The summed E-state index contributed by atoms with van der Waals surface area (Å²) in [6.45, 7) is 2.23. The summed E-state index contributed by atoms with van der Waals surface area (Å²) in [6, 6.07) is 0. The minimum absolute atomic E-state index is 0.256. The molecule has 0 fully saturated rings. The van der Waals surface area contributed by atoms with E-state index in [0.29, 0.717) is 0 Å². The minimum Gasteiger partial charge on any atom is -0.232 e. The van der Waals surface area contributed by atoms with E-state index in [-0.39, 0.29) is 5.75 Å². The molecule has 2 nitrogen and oxygen atoms in total. The third kappa shape index (κ3) is 14.0. The smallest absolute Gasteiger partial charge is 0.140 e. The lowest BCUT2D eigenvalue weighted by Crippen LogP contribution is -1.89. The van der Waals surface area contributed by atoms with Gasteiger partial charge in [0.05, 0.1) is 5.75 Å². The van der Waals surface area contributed by atoms with Crippen LogP contribution in [-0.2, 0) is 10.7 Å². The Bertz CT molecular complexity index is 180. The molecule has 0 saturated carbocycles. The highest BCUT2D eigenvalue weighted by Gasteiger charge is 1.93. The number of unbranched alkanes of at least 4 members (excludes halogenated alkanes) is 9. The van der Waals surface area contributed by atoms with Crippen molar-refractivity contribution in [2.75, 3.05) is 5.75 Å². The van der Waals surface area contributed by atoms with Crippen LogP contribution in [0.25, 0.3) is 0 Å². The molecule has 0 aromatic rings. The van der Waals surface area contributed by atoms with Crippen molar-refractivity contribution in [2.45, 2.75) is 64.7 Å². The van der Waals surface area contributed by atoms with Crippen LogP contribution in [0, 0.1) is 6.42 Å². The largest absolute Gasteiger partial charge is 0.232 e. The van der Waals surface area contributed by atoms with Crippen LogP contribution in [0.2, 0.25) is 0 Å². The molecular formula is C12H25O2S. The standard InChI is InChI=1S/C12H25O2S/c1-2-3-4-5-6-7-8-9-10-11-12-15(13)14/h11,15H,2-10,12H2,1H3. The summed E-state index contributed by atoms with van der Waals surface area (Å²) in [7, 11) is -2.19. The van der Waals surface area contributed by atoms with Crippen LogP contribution in [0.15, 0.2) is 0 Å². The quantitative estimate of drug-likeness (QED) is 0.439. The number of rotatable bonds is 11. The predicted octanol–water partition coefficient (Wildman–Crippen LogP) is 3.33. The maximum atomic E-state index is 10.2. The van der Waals surface area contributed by atoms with Crippen LogP contribution in [0.1, 0.15) is 64.7 Å². The van der Waals surface area contributed by atoms with E-state index >= 15 is 0 Å². The van der Waals surface area contributed by atoms with Gasteiger partial charge in [0.25, 0.3) is 0 Å². The molecule has 0 bridgehead atoms. The fraction of sp³-hybridized carbons (Fsp3) is 0.917. The van der Waals surface area contributed by atoms with Crippen LogP contribution in [-0.4, -0.2) is 14.2 Å². The normalized spacial score (nSPS) is 11.1. The van der Waals surface area contributed by atoms with E-state index in [2.05, 4.69) is 6.92 Å². The third-order valence-corrected chi connectivity index (χ3v) is 3.10. The molecule has 91 valence electrons. The summed E-state index contributed by atoms with van der Waals surface area (Å²) in [5.41, 5.74) is 0. The molecular weight excluding hydrogens is 208 g/mol. The average Bonchev–Trinajstić information content (AvgIpc) is 2.20. The molecule has 0 aliphatic rings. The van der Waals surface area contributed by atoms with Gasteiger partial charge in [0, 0.05) is 0 Å². The molecule has 0 aliphatic heterocycles. The number of hydrogen-bond donors (Lipinski definition) is 1. The van der Waals surface area contributed by atoms with Crippen LogP contribution < -0.4 is 0 Å². The van der Waals surface area contributed by atoms with Crippen molar-refractivity contribution < 1.29 is 8.42 Å². The average molecular weight is 233 g/mol. The van der Waals surface area contributed by atoms with Crippen LogP contribution in [0.3, 0.4) is 0 Å². The molecule has 0 aliphatic carbocycles. The summed E-state index contributed by atoms with van der Waals surface area (Å²) in [5, 5.41) is 0. The fourth-order valence-electron chi connectivity index (χ4n) is 1.62. The van der Waals surface area contributed by atoms with Crippen LogP contribution >= 0.6 is 0 Å². The molecule has 0 N–H and O–H groups in total. The van der Waals surface area contributed by atoms with Gasteiger partial charge in [-0.1, -0.05) is 58.3 Å². The molecule has 3 heteroatoms. The van der Waals surface area contributed by atoms with Crippen LogP contribution in [0.5, 0.6) is 0 Å². The highest BCUT2D eigenvalue weighted by Crippen LogP contribution is 2.09. The van der Waals surface area contributed by atoms with Crippen molar-refractivity contribution >= 4 is 10.7 Å². The maximum Gasteiger partial charge on any atom is 0.140 e.